The predicted octanol–water partition coefficient (Wildman–Crippen LogP) is 17.4. The van der Waals surface area contributed by atoms with Crippen molar-refractivity contribution in [3.05, 3.63) is 36.5 Å². The molecule has 9 heteroatoms. The number of nitrogens with zero attached hydrogens (tertiary/aromatic N) is 1. The molecule has 0 heterocycles. The van der Waals surface area contributed by atoms with E-state index >= 15 is 0 Å². The number of nitrogens with one attached hydrogen (secondary N) is 1. The second kappa shape index (κ2) is 49.7. The van der Waals surface area contributed by atoms with Crippen molar-refractivity contribution in [3.63, 3.8) is 0 Å². The van der Waals surface area contributed by atoms with Gasteiger partial charge in [-0.1, -0.05) is 268 Å². The number of carbonyl (C=O) groups is 1. The fraction of sp³-hybridized carbons (Fsp3) is 0.879. The van der Waals surface area contributed by atoms with Crippen LogP contribution in [0.2, 0.25) is 0 Å². The molecule has 0 bridgehead atoms. The molecule has 8 nitrogen and oxygen atoms in total. The number of phosphoric ester groups is 1. The Morgan fingerprint density at radius 1 is 0.522 bits per heavy atom. The lowest BCUT2D eigenvalue weighted by Gasteiger charge is -2.25. The zero-order chi connectivity index (χ0) is 49.2. The summed E-state index contributed by atoms with van der Waals surface area (Å²) in [7, 11) is 1.55. The Morgan fingerprint density at radius 3 is 1.19 bits per heavy atom. The maximum absolute atomic E-state index is 12.9. The summed E-state index contributed by atoms with van der Waals surface area (Å²) in [6.07, 6.45) is 64.6. The lowest BCUT2D eigenvalue weighted by molar-refractivity contribution is -0.870. The number of hydrogen-bond donors (Lipinski definition) is 3. The summed E-state index contributed by atoms with van der Waals surface area (Å²) in [6, 6.07) is -0.865. The molecule has 0 radical (unpaired) electrons. The number of aliphatic hydroxyl groups excluding tert-OH is 1. The third-order valence-electron chi connectivity index (χ3n) is 13.2. The number of rotatable bonds is 53. The van der Waals surface area contributed by atoms with Crippen LogP contribution < -0.4 is 5.32 Å². The second-order valence-electron chi connectivity index (χ2n) is 21.0. The fourth-order valence-corrected chi connectivity index (χ4v) is 9.41. The zero-order valence-electron chi connectivity index (χ0n) is 45.2. The first-order chi connectivity index (χ1) is 32.5. The van der Waals surface area contributed by atoms with Crippen molar-refractivity contribution in [2.45, 2.75) is 289 Å². The Labute approximate surface area is 417 Å². The molecule has 0 aromatic carbocycles. The van der Waals surface area contributed by atoms with Crippen molar-refractivity contribution >= 4 is 13.7 Å². The van der Waals surface area contributed by atoms with E-state index in [1.54, 1.807) is 6.08 Å². The van der Waals surface area contributed by atoms with Crippen LogP contribution in [-0.4, -0.2) is 73.4 Å². The van der Waals surface area contributed by atoms with E-state index in [9.17, 15) is 19.4 Å². The van der Waals surface area contributed by atoms with Gasteiger partial charge in [-0.3, -0.25) is 13.8 Å². The summed E-state index contributed by atoms with van der Waals surface area (Å²) in [5, 5.41) is 13.8. The average Bonchev–Trinajstić information content (AvgIpc) is 3.29. The van der Waals surface area contributed by atoms with E-state index in [-0.39, 0.29) is 19.1 Å². The molecule has 0 rings (SSSR count). The molecule has 0 aliphatic carbocycles. The summed E-state index contributed by atoms with van der Waals surface area (Å²) in [5.41, 5.74) is 0. The summed E-state index contributed by atoms with van der Waals surface area (Å²) in [6.45, 7) is 4.57. The SMILES string of the molecule is C/C=C/CC/C=C/CC/C=C/C(O)C(COP(=O)(O)OCC[N+](C)(C)C)NC(=O)CCCCCCCCCCCCCCCCCCCCCCCCCCCCCCCCCCCCCC. The highest BCUT2D eigenvalue weighted by atomic mass is 31.2. The number of unbranched alkanes of at least 4 members (excludes halogenated alkanes) is 37. The minimum atomic E-state index is -4.35. The molecule has 0 saturated heterocycles. The molecule has 3 atom stereocenters. The van der Waals surface area contributed by atoms with E-state index in [2.05, 4.69) is 36.5 Å². The third kappa shape index (κ3) is 52.4. The van der Waals surface area contributed by atoms with Crippen LogP contribution in [0.3, 0.4) is 0 Å². The molecule has 3 unspecified atom stereocenters. The van der Waals surface area contributed by atoms with Gasteiger partial charge in [0.25, 0.3) is 0 Å². The lowest BCUT2D eigenvalue weighted by Crippen LogP contribution is -2.45. The molecule has 1 amide bonds. The van der Waals surface area contributed by atoms with Crippen LogP contribution in [0, 0.1) is 0 Å². The quantitative estimate of drug-likeness (QED) is 0.0243. The molecule has 0 aliphatic rings. The van der Waals surface area contributed by atoms with Crippen LogP contribution in [0.4, 0.5) is 0 Å². The number of quaternary nitrogens is 1. The molecule has 3 N–H and O–H groups in total. The van der Waals surface area contributed by atoms with Gasteiger partial charge >= 0.3 is 7.82 Å². The first-order valence-corrected chi connectivity index (χ1v) is 30.3. The molecule has 0 aromatic rings. The number of hydrogen-bond acceptors (Lipinski definition) is 5. The Morgan fingerprint density at radius 2 is 0.851 bits per heavy atom. The molecule has 0 spiro atoms. The second-order valence-corrected chi connectivity index (χ2v) is 22.5. The molecular weight excluding hydrogens is 852 g/mol. The molecule has 0 saturated carbocycles. The van der Waals surface area contributed by atoms with Gasteiger partial charge in [-0.15, -0.1) is 0 Å². The van der Waals surface area contributed by atoms with Crippen LogP contribution in [-0.2, 0) is 18.4 Å². The molecular formula is C58H114N2O6P+. The van der Waals surface area contributed by atoms with E-state index in [1.165, 1.54) is 212 Å². The van der Waals surface area contributed by atoms with Gasteiger partial charge in [-0.2, -0.15) is 0 Å². The van der Waals surface area contributed by atoms with Gasteiger partial charge in [0.15, 0.2) is 0 Å². The lowest BCUT2D eigenvalue weighted by atomic mass is 10.0. The first-order valence-electron chi connectivity index (χ1n) is 28.8. The highest BCUT2D eigenvalue weighted by molar-refractivity contribution is 7.47. The highest BCUT2D eigenvalue weighted by Crippen LogP contribution is 2.43. The number of phosphoric acid groups is 1. The van der Waals surface area contributed by atoms with Gasteiger partial charge in [0.2, 0.25) is 5.91 Å². The van der Waals surface area contributed by atoms with Crippen LogP contribution >= 0.6 is 7.82 Å². The van der Waals surface area contributed by atoms with E-state index in [0.717, 1.165) is 44.9 Å². The smallest absolute Gasteiger partial charge is 0.387 e. The average molecular weight is 967 g/mol. The van der Waals surface area contributed by atoms with E-state index < -0.39 is 20.0 Å². The van der Waals surface area contributed by atoms with E-state index in [4.69, 9.17) is 9.05 Å². The molecule has 67 heavy (non-hydrogen) atoms. The maximum Gasteiger partial charge on any atom is 0.472 e. The summed E-state index contributed by atoms with van der Waals surface area (Å²) >= 11 is 0. The number of amides is 1. The number of carbonyl (C=O) groups excluding carboxylic acids is 1. The summed E-state index contributed by atoms with van der Waals surface area (Å²) in [5.74, 6) is -0.190. The van der Waals surface area contributed by atoms with Crippen molar-refractivity contribution in [2.75, 3.05) is 40.9 Å². The largest absolute Gasteiger partial charge is 0.472 e. The fourth-order valence-electron chi connectivity index (χ4n) is 8.67. The minimum absolute atomic E-state index is 0.0543. The van der Waals surface area contributed by atoms with E-state index in [0.29, 0.717) is 17.4 Å². The standard InChI is InChI=1S/C58H113N2O6P/c1-6-8-10-12-14-16-17-18-19-20-21-22-23-24-25-26-27-28-29-30-31-32-33-34-35-36-37-38-39-40-41-42-44-46-48-50-52-58(62)59-56(55-66-67(63,64)65-54-53-60(3,4)5)57(61)51-49-47-45-43-15-13-11-9-7-2/h7,9,15,43,49,51,56-57,61H,6,8,10-14,16-42,44-48,50,52-55H2,1-5H3,(H-,59,62,63,64)/p+1/b9-7+,43-15+,51-49+. The number of aliphatic hydroxyl groups is 1. The van der Waals surface area contributed by atoms with E-state index in [1.807, 2.05) is 34.1 Å². The summed E-state index contributed by atoms with van der Waals surface area (Å²) in [4.78, 5) is 23.1. The number of likely N-dealkylation sites (N-methyl/N-ethyl adjacent to an activating group) is 1. The van der Waals surface area contributed by atoms with Crippen LogP contribution in [0.1, 0.15) is 277 Å². The van der Waals surface area contributed by atoms with Crippen molar-refractivity contribution < 1.29 is 32.9 Å². The Kier molecular flexibility index (Phi) is 48.7. The van der Waals surface area contributed by atoms with Gasteiger partial charge in [0.05, 0.1) is 39.9 Å². The molecule has 396 valence electrons. The normalized spacial score (nSPS) is 14.2. The minimum Gasteiger partial charge on any atom is -0.387 e. The van der Waals surface area contributed by atoms with Crippen molar-refractivity contribution in [1.82, 2.24) is 5.32 Å². The Bertz CT molecular complexity index is 1190. The maximum atomic E-state index is 12.9. The Balaban J connectivity index is 3.82. The monoisotopic (exact) mass is 966 g/mol. The zero-order valence-corrected chi connectivity index (χ0v) is 46.0. The van der Waals surface area contributed by atoms with Gasteiger partial charge in [0, 0.05) is 6.42 Å². The molecule has 0 aliphatic heterocycles. The molecule has 0 aromatic heterocycles. The molecule has 0 fully saturated rings. The van der Waals surface area contributed by atoms with Crippen LogP contribution in [0.25, 0.3) is 0 Å². The van der Waals surface area contributed by atoms with Gasteiger partial charge in [-0.25, -0.2) is 4.57 Å². The third-order valence-corrected chi connectivity index (χ3v) is 14.2. The van der Waals surface area contributed by atoms with Crippen molar-refractivity contribution in [2.24, 2.45) is 0 Å². The number of allylic oxidation sites excluding steroid dienone is 5. The van der Waals surface area contributed by atoms with Gasteiger partial charge in [0.1, 0.15) is 13.2 Å². The van der Waals surface area contributed by atoms with Gasteiger partial charge < -0.3 is 19.8 Å². The van der Waals surface area contributed by atoms with Crippen LogP contribution in [0.5, 0.6) is 0 Å². The predicted molar refractivity (Wildman–Crippen MR) is 291 cm³/mol. The van der Waals surface area contributed by atoms with Crippen LogP contribution in [0.15, 0.2) is 36.5 Å². The van der Waals surface area contributed by atoms with Crippen molar-refractivity contribution in [1.29, 1.82) is 0 Å². The first kappa shape index (κ1) is 65.7. The van der Waals surface area contributed by atoms with Crippen molar-refractivity contribution in [3.8, 4) is 0 Å². The topological polar surface area (TPSA) is 105 Å². The summed E-state index contributed by atoms with van der Waals surface area (Å²) < 4.78 is 23.5. The Hall–Kier alpha value is -1.28. The van der Waals surface area contributed by atoms with Gasteiger partial charge in [-0.05, 0) is 39.0 Å². The highest BCUT2D eigenvalue weighted by Gasteiger charge is 2.27.